The molecule has 144 valence electrons. The maximum atomic E-state index is 13.9. The molecule has 0 saturated heterocycles. The van der Waals surface area contributed by atoms with Crippen molar-refractivity contribution in [1.82, 2.24) is 10.6 Å². The summed E-state index contributed by atoms with van der Waals surface area (Å²) >= 11 is 0. The molecule has 2 aromatic carbocycles. The van der Waals surface area contributed by atoms with Crippen molar-refractivity contribution in [2.24, 2.45) is 5.41 Å². The van der Waals surface area contributed by atoms with Gasteiger partial charge in [0.15, 0.2) is 0 Å². The fraction of sp³-hybridized carbons (Fsp3) is 0.200. The topological polar surface area (TPSA) is 90.5 Å². The first kappa shape index (κ1) is 18.1. The van der Waals surface area contributed by atoms with Crippen LogP contribution in [0.2, 0.25) is 0 Å². The van der Waals surface area contributed by atoms with Crippen molar-refractivity contribution in [3.63, 3.8) is 0 Å². The Morgan fingerprint density at radius 3 is 2.54 bits per heavy atom. The normalized spacial score (nSPS) is 22.0. The number of aliphatic hydroxyl groups excluding tert-OH is 1. The molecule has 2 atom stereocenters. The fourth-order valence-corrected chi connectivity index (χ4v) is 3.49. The van der Waals surface area contributed by atoms with Gasteiger partial charge in [0.2, 0.25) is 5.91 Å². The van der Waals surface area contributed by atoms with Gasteiger partial charge in [0, 0.05) is 17.9 Å². The highest BCUT2D eigenvalue weighted by atomic mass is 19.1. The van der Waals surface area contributed by atoms with Gasteiger partial charge >= 0.3 is 0 Å². The first-order chi connectivity index (χ1) is 13.5. The van der Waals surface area contributed by atoms with Crippen LogP contribution in [0, 0.1) is 17.0 Å². The highest BCUT2D eigenvalue weighted by Gasteiger charge is 2.66. The zero-order valence-corrected chi connectivity index (χ0v) is 14.6. The lowest BCUT2D eigenvalue weighted by Gasteiger charge is -2.18. The molecule has 2 amide bonds. The van der Waals surface area contributed by atoms with Crippen molar-refractivity contribution < 1.29 is 23.5 Å². The molecule has 1 heterocycles. The highest BCUT2D eigenvalue weighted by Crippen LogP contribution is 2.55. The van der Waals surface area contributed by atoms with E-state index in [0.717, 1.165) is 12.1 Å². The van der Waals surface area contributed by atoms with Crippen molar-refractivity contribution >= 4 is 17.5 Å². The standard InChI is InChI=1S/C20H17F2N3O3/c21-13-5-2-6-14(22)17(13)18(27)25-16-9-23-15-8-20(15,16)19(28)24-12-4-1-3-11(7-12)10-26/h1-7,9,15,23,26H,8,10H2,(H,24,28)(H,25,27). The third kappa shape index (κ3) is 2.91. The van der Waals surface area contributed by atoms with E-state index in [1.54, 1.807) is 24.3 Å². The number of anilines is 1. The molecule has 8 heteroatoms. The molecule has 28 heavy (non-hydrogen) atoms. The number of nitrogens with one attached hydrogen (secondary N) is 3. The average molecular weight is 385 g/mol. The summed E-state index contributed by atoms with van der Waals surface area (Å²) in [5.74, 6) is -3.25. The lowest BCUT2D eigenvalue weighted by atomic mass is 10.0. The van der Waals surface area contributed by atoms with E-state index in [1.807, 2.05) is 0 Å². The van der Waals surface area contributed by atoms with Gasteiger partial charge in [-0.3, -0.25) is 9.59 Å². The maximum absolute atomic E-state index is 13.9. The van der Waals surface area contributed by atoms with Crippen LogP contribution in [0.1, 0.15) is 22.3 Å². The lowest BCUT2D eigenvalue weighted by Crippen LogP contribution is -2.36. The van der Waals surface area contributed by atoms with Crippen LogP contribution in [0.5, 0.6) is 0 Å². The third-order valence-electron chi connectivity index (χ3n) is 5.08. The second-order valence-electron chi connectivity index (χ2n) is 6.82. The number of benzene rings is 2. The summed E-state index contributed by atoms with van der Waals surface area (Å²) in [6, 6.07) is 9.72. The number of hydrogen-bond acceptors (Lipinski definition) is 4. The van der Waals surface area contributed by atoms with Gasteiger partial charge in [-0.1, -0.05) is 18.2 Å². The first-order valence-corrected chi connectivity index (χ1v) is 8.69. The van der Waals surface area contributed by atoms with Gasteiger partial charge in [-0.15, -0.1) is 0 Å². The summed E-state index contributed by atoms with van der Waals surface area (Å²) in [6.45, 7) is -0.158. The van der Waals surface area contributed by atoms with Crippen molar-refractivity contribution in [3.8, 4) is 0 Å². The zero-order valence-electron chi connectivity index (χ0n) is 14.6. The zero-order chi connectivity index (χ0) is 19.9. The quantitative estimate of drug-likeness (QED) is 0.634. The largest absolute Gasteiger partial charge is 0.392 e. The molecule has 2 aromatic rings. The SMILES string of the molecule is O=C(NC1=CNC2CC12C(=O)Nc1cccc(CO)c1)c1c(F)cccc1F. The fourth-order valence-electron chi connectivity index (χ4n) is 3.49. The van der Waals surface area contributed by atoms with E-state index in [0.29, 0.717) is 17.7 Å². The van der Waals surface area contributed by atoms with Crippen LogP contribution in [0.15, 0.2) is 54.4 Å². The molecule has 4 rings (SSSR count). The summed E-state index contributed by atoms with van der Waals surface area (Å²) in [4.78, 5) is 25.3. The van der Waals surface area contributed by atoms with Crippen molar-refractivity contribution in [2.75, 3.05) is 5.32 Å². The van der Waals surface area contributed by atoms with Crippen LogP contribution in [0.25, 0.3) is 0 Å². The highest BCUT2D eigenvalue weighted by molar-refractivity contribution is 6.03. The van der Waals surface area contributed by atoms with Crippen molar-refractivity contribution in [1.29, 1.82) is 0 Å². The van der Waals surface area contributed by atoms with E-state index in [4.69, 9.17) is 0 Å². The molecule has 1 aliphatic carbocycles. The van der Waals surface area contributed by atoms with Crippen LogP contribution in [-0.4, -0.2) is 23.0 Å². The van der Waals surface area contributed by atoms with Crippen LogP contribution in [-0.2, 0) is 11.4 Å². The molecule has 1 fully saturated rings. The molecule has 0 aromatic heterocycles. The van der Waals surface area contributed by atoms with E-state index >= 15 is 0 Å². The van der Waals surface area contributed by atoms with Crippen LogP contribution < -0.4 is 16.0 Å². The molecular formula is C20H17F2N3O3. The summed E-state index contributed by atoms with van der Waals surface area (Å²) in [7, 11) is 0. The van der Waals surface area contributed by atoms with E-state index < -0.39 is 28.5 Å². The third-order valence-corrected chi connectivity index (χ3v) is 5.08. The summed E-state index contributed by atoms with van der Waals surface area (Å²) < 4.78 is 27.7. The molecule has 0 radical (unpaired) electrons. The monoisotopic (exact) mass is 385 g/mol. The predicted octanol–water partition coefficient (Wildman–Crippen LogP) is 2.03. The second-order valence-corrected chi connectivity index (χ2v) is 6.82. The number of aliphatic hydroxyl groups is 1. The van der Waals surface area contributed by atoms with Crippen LogP contribution >= 0.6 is 0 Å². The first-order valence-electron chi connectivity index (χ1n) is 8.69. The number of fused-ring (bicyclic) bond motifs is 1. The Balaban J connectivity index is 1.53. The Morgan fingerprint density at radius 1 is 1.14 bits per heavy atom. The minimum atomic E-state index is -1.01. The average Bonchev–Trinajstić information content (AvgIpc) is 3.32. The number of hydrogen-bond donors (Lipinski definition) is 4. The van der Waals surface area contributed by atoms with E-state index in [-0.39, 0.29) is 24.3 Å². The van der Waals surface area contributed by atoms with E-state index in [1.165, 1.54) is 12.3 Å². The van der Waals surface area contributed by atoms with Gasteiger partial charge in [0.25, 0.3) is 5.91 Å². The Kier molecular flexibility index (Phi) is 4.35. The summed E-state index contributed by atoms with van der Waals surface area (Å²) in [6.07, 6.45) is 1.93. The minimum absolute atomic E-state index is 0.158. The second kappa shape index (κ2) is 6.72. The van der Waals surface area contributed by atoms with Gasteiger partial charge in [0.1, 0.15) is 22.6 Å². The Bertz CT molecular complexity index is 988. The maximum Gasteiger partial charge on any atom is 0.261 e. The molecular weight excluding hydrogens is 368 g/mol. The number of halogens is 2. The van der Waals surface area contributed by atoms with Crippen LogP contribution in [0.4, 0.5) is 14.5 Å². The molecule has 0 bridgehead atoms. The van der Waals surface area contributed by atoms with E-state index in [2.05, 4.69) is 16.0 Å². The number of rotatable bonds is 5. The number of carbonyl (C=O) groups excluding carboxylic acids is 2. The summed E-state index contributed by atoms with van der Waals surface area (Å²) in [5.41, 5.74) is -0.285. The summed E-state index contributed by atoms with van der Waals surface area (Å²) in [5, 5.41) is 17.5. The molecule has 2 unspecified atom stereocenters. The van der Waals surface area contributed by atoms with Gasteiger partial charge < -0.3 is 21.1 Å². The molecule has 1 aliphatic heterocycles. The van der Waals surface area contributed by atoms with Gasteiger partial charge in [-0.2, -0.15) is 0 Å². The number of amides is 2. The Morgan fingerprint density at radius 2 is 1.86 bits per heavy atom. The molecule has 0 spiro atoms. The van der Waals surface area contributed by atoms with Crippen LogP contribution in [0.3, 0.4) is 0 Å². The Hall–Kier alpha value is -3.26. The Labute approximate surface area is 159 Å². The lowest BCUT2D eigenvalue weighted by molar-refractivity contribution is -0.120. The predicted molar refractivity (Wildman–Crippen MR) is 96.9 cm³/mol. The number of carbonyl (C=O) groups is 2. The van der Waals surface area contributed by atoms with Crippen molar-refractivity contribution in [2.45, 2.75) is 19.1 Å². The minimum Gasteiger partial charge on any atom is -0.392 e. The van der Waals surface area contributed by atoms with E-state index in [9.17, 15) is 23.5 Å². The smallest absolute Gasteiger partial charge is 0.261 e. The molecule has 6 nitrogen and oxygen atoms in total. The molecule has 4 N–H and O–H groups in total. The van der Waals surface area contributed by atoms with Crippen molar-refractivity contribution in [3.05, 3.63) is 77.1 Å². The van der Waals surface area contributed by atoms with Gasteiger partial charge in [0.05, 0.1) is 12.3 Å². The van der Waals surface area contributed by atoms with Gasteiger partial charge in [-0.05, 0) is 36.2 Å². The molecule has 2 aliphatic rings. The molecule has 1 saturated carbocycles. The van der Waals surface area contributed by atoms with Gasteiger partial charge in [-0.25, -0.2) is 8.78 Å².